The molecule has 0 amide bonds. The van der Waals surface area contributed by atoms with Gasteiger partial charge >= 0.3 is 0 Å². The van der Waals surface area contributed by atoms with E-state index in [-0.39, 0.29) is 5.82 Å². The van der Waals surface area contributed by atoms with E-state index in [2.05, 4.69) is 0 Å². The van der Waals surface area contributed by atoms with Crippen LogP contribution in [-0.2, 0) is 0 Å². The van der Waals surface area contributed by atoms with Gasteiger partial charge in [0.1, 0.15) is 5.82 Å². The summed E-state index contributed by atoms with van der Waals surface area (Å²) in [6.45, 7) is 1.94. The summed E-state index contributed by atoms with van der Waals surface area (Å²) in [4.78, 5) is 11.7. The number of aldehydes is 1. The lowest BCUT2D eigenvalue weighted by atomic mass is 10.2. The number of rotatable bonds is 1. The summed E-state index contributed by atoms with van der Waals surface area (Å²) >= 11 is 1.51. The number of hydrogen-bond acceptors (Lipinski definition) is 2. The highest BCUT2D eigenvalue weighted by Crippen LogP contribution is 2.28. The van der Waals surface area contributed by atoms with Crippen LogP contribution in [0.1, 0.15) is 15.2 Å². The molecule has 0 unspecified atom stereocenters. The van der Waals surface area contributed by atoms with Crippen molar-refractivity contribution < 1.29 is 9.18 Å². The summed E-state index contributed by atoms with van der Waals surface area (Å²) in [5.41, 5.74) is 0.438. The van der Waals surface area contributed by atoms with Gasteiger partial charge in [-0.05, 0) is 30.5 Å². The Bertz CT molecular complexity index is 473. The van der Waals surface area contributed by atoms with Crippen molar-refractivity contribution in [3.05, 3.63) is 34.5 Å². The molecule has 66 valence electrons. The fourth-order valence-electron chi connectivity index (χ4n) is 1.36. The molecule has 2 rings (SSSR count). The number of halogens is 1. The number of thiophene rings is 1. The third kappa shape index (κ3) is 1.35. The van der Waals surface area contributed by atoms with E-state index in [9.17, 15) is 9.18 Å². The van der Waals surface area contributed by atoms with E-state index in [1.165, 1.54) is 23.5 Å². The summed E-state index contributed by atoms with van der Waals surface area (Å²) < 4.78 is 13.8. The Morgan fingerprint density at radius 1 is 1.38 bits per heavy atom. The van der Waals surface area contributed by atoms with E-state index in [1.807, 2.05) is 13.0 Å². The van der Waals surface area contributed by atoms with Gasteiger partial charge in [0.25, 0.3) is 0 Å². The summed E-state index contributed by atoms with van der Waals surface area (Å²) in [5, 5.41) is 0.810. The van der Waals surface area contributed by atoms with Crippen molar-refractivity contribution in [2.75, 3.05) is 0 Å². The Hall–Kier alpha value is -1.22. The molecule has 0 spiro atoms. The van der Waals surface area contributed by atoms with Crippen molar-refractivity contribution >= 4 is 27.7 Å². The minimum absolute atomic E-state index is 0.354. The Morgan fingerprint density at radius 3 is 2.85 bits per heavy atom. The Kier molecular flexibility index (Phi) is 1.88. The van der Waals surface area contributed by atoms with Gasteiger partial charge in [0.15, 0.2) is 6.29 Å². The van der Waals surface area contributed by atoms with E-state index in [0.29, 0.717) is 11.8 Å². The van der Waals surface area contributed by atoms with Crippen molar-refractivity contribution in [3.8, 4) is 0 Å². The number of fused-ring (bicyclic) bond motifs is 1. The molecule has 0 aliphatic carbocycles. The maximum Gasteiger partial charge on any atom is 0.151 e. The molecule has 0 saturated carbocycles. The maximum atomic E-state index is 12.9. The first-order valence-corrected chi connectivity index (χ1v) is 4.67. The van der Waals surface area contributed by atoms with E-state index >= 15 is 0 Å². The smallest absolute Gasteiger partial charge is 0.151 e. The first-order chi connectivity index (χ1) is 6.20. The van der Waals surface area contributed by atoms with E-state index in [4.69, 9.17) is 0 Å². The van der Waals surface area contributed by atoms with Crippen molar-refractivity contribution in [2.45, 2.75) is 6.92 Å². The Morgan fingerprint density at radius 2 is 2.15 bits per heavy atom. The van der Waals surface area contributed by atoms with Gasteiger partial charge in [-0.15, -0.1) is 11.3 Å². The van der Waals surface area contributed by atoms with Gasteiger partial charge < -0.3 is 0 Å². The quantitative estimate of drug-likeness (QED) is 0.637. The zero-order valence-corrected chi connectivity index (χ0v) is 7.82. The van der Waals surface area contributed by atoms with E-state index in [0.717, 1.165) is 15.0 Å². The average Bonchev–Trinajstić information content (AvgIpc) is 2.43. The second kappa shape index (κ2) is 2.92. The second-order valence-electron chi connectivity index (χ2n) is 2.89. The minimum Gasteiger partial charge on any atom is -0.298 e. The van der Waals surface area contributed by atoms with Crippen LogP contribution in [0.25, 0.3) is 10.1 Å². The molecule has 13 heavy (non-hydrogen) atoms. The van der Waals surface area contributed by atoms with Crippen LogP contribution in [0.5, 0.6) is 0 Å². The predicted octanol–water partition coefficient (Wildman–Crippen LogP) is 3.16. The van der Waals surface area contributed by atoms with Crippen LogP contribution in [0.3, 0.4) is 0 Å². The molecule has 0 bridgehead atoms. The Labute approximate surface area is 78.8 Å². The molecule has 0 fully saturated rings. The van der Waals surface area contributed by atoms with Crippen LogP contribution in [0.15, 0.2) is 18.2 Å². The molecule has 2 aromatic rings. The molecule has 0 radical (unpaired) electrons. The molecule has 1 heterocycles. The molecule has 1 aromatic carbocycles. The fourth-order valence-corrected chi connectivity index (χ4v) is 2.33. The van der Waals surface area contributed by atoms with Gasteiger partial charge in [-0.1, -0.05) is 0 Å². The lowest BCUT2D eigenvalue weighted by molar-refractivity contribution is 0.112. The zero-order valence-electron chi connectivity index (χ0n) is 7.00. The van der Waals surface area contributed by atoms with Crippen LogP contribution >= 0.6 is 11.3 Å². The van der Waals surface area contributed by atoms with Crippen LogP contribution in [0.4, 0.5) is 4.39 Å². The molecule has 0 N–H and O–H groups in total. The van der Waals surface area contributed by atoms with Gasteiger partial charge in [0.05, 0.1) is 0 Å². The zero-order chi connectivity index (χ0) is 9.42. The summed E-state index contributed by atoms with van der Waals surface area (Å²) in [6.07, 6.45) is 0.696. The summed E-state index contributed by atoms with van der Waals surface area (Å²) in [6, 6.07) is 4.60. The highest BCUT2D eigenvalue weighted by molar-refractivity contribution is 7.19. The molecular formula is C10H7FOS. The number of aryl methyl sites for hydroxylation is 1. The maximum absolute atomic E-state index is 12.9. The molecule has 1 aromatic heterocycles. The van der Waals surface area contributed by atoms with Crippen LogP contribution in [-0.4, -0.2) is 6.29 Å². The van der Waals surface area contributed by atoms with Gasteiger partial charge in [-0.3, -0.25) is 4.79 Å². The molecule has 0 aliphatic heterocycles. The largest absolute Gasteiger partial charge is 0.298 e. The van der Waals surface area contributed by atoms with Crippen molar-refractivity contribution in [1.29, 1.82) is 0 Å². The molecule has 0 saturated heterocycles. The second-order valence-corrected chi connectivity index (χ2v) is 4.14. The van der Waals surface area contributed by atoms with E-state index < -0.39 is 0 Å². The van der Waals surface area contributed by atoms with Crippen LogP contribution in [0.2, 0.25) is 0 Å². The molecule has 0 aliphatic rings. The lowest BCUT2D eigenvalue weighted by Gasteiger charge is -1.93. The van der Waals surface area contributed by atoms with Gasteiger partial charge in [-0.25, -0.2) is 4.39 Å². The highest BCUT2D eigenvalue weighted by Gasteiger charge is 2.05. The SMILES string of the molecule is Cc1cc2cc(F)cc(C=O)c2s1. The summed E-state index contributed by atoms with van der Waals surface area (Å²) in [5.74, 6) is -0.354. The first kappa shape index (κ1) is 8.38. The third-order valence-electron chi connectivity index (χ3n) is 1.86. The lowest BCUT2D eigenvalue weighted by Crippen LogP contribution is -1.81. The van der Waals surface area contributed by atoms with Crippen molar-refractivity contribution in [3.63, 3.8) is 0 Å². The fraction of sp³-hybridized carbons (Fsp3) is 0.100. The number of benzene rings is 1. The Balaban J connectivity index is 2.88. The monoisotopic (exact) mass is 194 g/mol. The average molecular weight is 194 g/mol. The predicted molar refractivity (Wildman–Crippen MR) is 51.9 cm³/mol. The highest BCUT2D eigenvalue weighted by atomic mass is 32.1. The van der Waals surface area contributed by atoms with Gasteiger partial charge in [0.2, 0.25) is 0 Å². The normalized spacial score (nSPS) is 10.6. The molecule has 1 nitrogen and oxygen atoms in total. The van der Waals surface area contributed by atoms with E-state index in [1.54, 1.807) is 0 Å². The number of carbonyl (C=O) groups excluding carboxylic acids is 1. The molecular weight excluding hydrogens is 187 g/mol. The number of hydrogen-bond donors (Lipinski definition) is 0. The molecule has 0 atom stereocenters. The third-order valence-corrected chi connectivity index (χ3v) is 2.98. The molecule has 3 heteroatoms. The van der Waals surface area contributed by atoms with Crippen molar-refractivity contribution in [2.24, 2.45) is 0 Å². The van der Waals surface area contributed by atoms with Crippen LogP contribution < -0.4 is 0 Å². The summed E-state index contributed by atoms with van der Waals surface area (Å²) in [7, 11) is 0. The standard InChI is InChI=1S/C10H7FOS/c1-6-2-7-3-9(11)4-8(5-12)10(7)13-6/h2-5H,1H3. The number of carbonyl (C=O) groups is 1. The first-order valence-electron chi connectivity index (χ1n) is 3.85. The van der Waals surface area contributed by atoms with Gasteiger partial charge in [0, 0.05) is 15.1 Å². The topological polar surface area (TPSA) is 17.1 Å². The van der Waals surface area contributed by atoms with Crippen LogP contribution in [0, 0.1) is 12.7 Å². The van der Waals surface area contributed by atoms with Gasteiger partial charge in [-0.2, -0.15) is 0 Å². The van der Waals surface area contributed by atoms with Crippen molar-refractivity contribution in [1.82, 2.24) is 0 Å². The minimum atomic E-state index is -0.354.